The molecule has 112 valence electrons. The Labute approximate surface area is 132 Å². The predicted octanol–water partition coefficient (Wildman–Crippen LogP) is 3.69. The van der Waals surface area contributed by atoms with Crippen LogP contribution in [-0.2, 0) is 0 Å². The maximum atomic E-state index is 12.1. The van der Waals surface area contributed by atoms with E-state index >= 15 is 0 Å². The Balaban J connectivity index is 1.93. The molecule has 2 aromatic rings. The molecule has 2 rings (SSSR count). The molecule has 1 aromatic carbocycles. The lowest BCUT2D eigenvalue weighted by Gasteiger charge is -2.06. The number of hydrogen-bond donors (Lipinski definition) is 1. The van der Waals surface area contributed by atoms with Crippen molar-refractivity contribution in [3.05, 3.63) is 29.8 Å². The van der Waals surface area contributed by atoms with Gasteiger partial charge in [-0.3, -0.25) is 10.1 Å². The van der Waals surface area contributed by atoms with Crippen molar-refractivity contribution in [1.29, 1.82) is 0 Å². The van der Waals surface area contributed by atoms with Crippen LogP contribution in [-0.4, -0.2) is 29.0 Å². The first kappa shape index (κ1) is 15.8. The standard InChI is InChI=1S/C14H17N3O2S2/c1-3-4-9-19-11-7-5-10(6-8-11)12(18)15-13-16-17-14(20-2)21-13/h5-8H,3-4,9H2,1-2H3,(H,15,16,18). The second kappa shape index (κ2) is 7.99. The predicted molar refractivity (Wildman–Crippen MR) is 86.5 cm³/mol. The summed E-state index contributed by atoms with van der Waals surface area (Å²) in [5.74, 6) is 0.583. The number of aromatic nitrogens is 2. The molecule has 7 heteroatoms. The summed E-state index contributed by atoms with van der Waals surface area (Å²) >= 11 is 2.86. The van der Waals surface area contributed by atoms with E-state index in [0.29, 0.717) is 17.3 Å². The molecule has 21 heavy (non-hydrogen) atoms. The number of ether oxygens (including phenoxy) is 1. The fourth-order valence-electron chi connectivity index (χ4n) is 1.55. The van der Waals surface area contributed by atoms with Gasteiger partial charge in [0.2, 0.25) is 5.13 Å². The van der Waals surface area contributed by atoms with Crippen LogP contribution in [0.15, 0.2) is 28.6 Å². The van der Waals surface area contributed by atoms with E-state index in [4.69, 9.17) is 4.74 Å². The molecule has 0 radical (unpaired) electrons. The molecule has 5 nitrogen and oxygen atoms in total. The van der Waals surface area contributed by atoms with Crippen molar-refractivity contribution >= 4 is 34.1 Å². The molecule has 0 unspecified atom stereocenters. The van der Waals surface area contributed by atoms with Crippen LogP contribution in [0.25, 0.3) is 0 Å². The van der Waals surface area contributed by atoms with E-state index in [1.165, 1.54) is 23.1 Å². The first-order valence-corrected chi connectivity index (χ1v) is 8.68. The second-order valence-electron chi connectivity index (χ2n) is 4.26. The number of amides is 1. The molecule has 0 aliphatic heterocycles. The smallest absolute Gasteiger partial charge is 0.257 e. The molecule has 0 saturated heterocycles. The van der Waals surface area contributed by atoms with Crippen LogP contribution >= 0.6 is 23.1 Å². The van der Waals surface area contributed by atoms with Crippen LogP contribution in [0.1, 0.15) is 30.1 Å². The van der Waals surface area contributed by atoms with E-state index in [1.807, 2.05) is 6.26 Å². The van der Waals surface area contributed by atoms with Gasteiger partial charge in [0.05, 0.1) is 6.61 Å². The fraction of sp³-hybridized carbons (Fsp3) is 0.357. The van der Waals surface area contributed by atoms with Crippen molar-refractivity contribution in [2.24, 2.45) is 0 Å². The number of unbranched alkanes of at least 4 members (excludes halogenated alkanes) is 1. The van der Waals surface area contributed by atoms with Crippen LogP contribution < -0.4 is 10.1 Å². The average molecular weight is 323 g/mol. The quantitative estimate of drug-likeness (QED) is 0.478. The van der Waals surface area contributed by atoms with Gasteiger partial charge in [-0.1, -0.05) is 36.4 Å². The Morgan fingerprint density at radius 2 is 2.10 bits per heavy atom. The number of carbonyl (C=O) groups is 1. The normalized spacial score (nSPS) is 10.4. The number of benzene rings is 1. The Morgan fingerprint density at radius 3 is 2.71 bits per heavy atom. The lowest BCUT2D eigenvalue weighted by Crippen LogP contribution is -2.11. The molecule has 1 aromatic heterocycles. The third-order valence-electron chi connectivity index (χ3n) is 2.68. The van der Waals surface area contributed by atoms with Crippen molar-refractivity contribution < 1.29 is 9.53 Å². The second-order valence-corrected chi connectivity index (χ2v) is 6.29. The van der Waals surface area contributed by atoms with Gasteiger partial charge in [-0.05, 0) is 36.9 Å². The third kappa shape index (κ3) is 4.71. The van der Waals surface area contributed by atoms with Crippen LogP contribution in [0.2, 0.25) is 0 Å². The molecule has 0 fully saturated rings. The summed E-state index contributed by atoms with van der Waals surface area (Å²) in [6.45, 7) is 2.82. The van der Waals surface area contributed by atoms with Gasteiger partial charge in [-0.25, -0.2) is 0 Å². The Hall–Kier alpha value is -1.60. The monoisotopic (exact) mass is 323 g/mol. The van der Waals surface area contributed by atoms with Gasteiger partial charge in [-0.2, -0.15) is 0 Å². The molecule has 1 amide bonds. The molecule has 0 spiro atoms. The Kier molecular flexibility index (Phi) is 6.01. The molecular weight excluding hydrogens is 306 g/mol. The number of hydrogen-bond acceptors (Lipinski definition) is 6. The molecule has 0 bridgehead atoms. The Bertz CT molecular complexity index is 584. The largest absolute Gasteiger partial charge is 0.494 e. The minimum atomic E-state index is -0.195. The number of anilines is 1. The average Bonchev–Trinajstić information content (AvgIpc) is 2.96. The van der Waals surface area contributed by atoms with E-state index in [1.54, 1.807) is 24.3 Å². The molecule has 0 atom stereocenters. The van der Waals surface area contributed by atoms with Gasteiger partial charge in [0.25, 0.3) is 5.91 Å². The summed E-state index contributed by atoms with van der Waals surface area (Å²) in [5, 5.41) is 11.1. The van der Waals surface area contributed by atoms with Crippen LogP contribution in [0, 0.1) is 0 Å². The number of rotatable bonds is 7. The highest BCUT2D eigenvalue weighted by atomic mass is 32.2. The van der Waals surface area contributed by atoms with Gasteiger partial charge in [0.1, 0.15) is 5.75 Å². The van der Waals surface area contributed by atoms with E-state index in [9.17, 15) is 4.79 Å². The minimum absolute atomic E-state index is 0.195. The first-order valence-electron chi connectivity index (χ1n) is 6.64. The van der Waals surface area contributed by atoms with Crippen molar-refractivity contribution in [3.63, 3.8) is 0 Å². The summed E-state index contributed by atoms with van der Waals surface area (Å²) in [5.41, 5.74) is 0.568. The maximum Gasteiger partial charge on any atom is 0.257 e. The molecule has 0 saturated carbocycles. The molecule has 0 aliphatic rings. The summed E-state index contributed by atoms with van der Waals surface area (Å²) in [7, 11) is 0. The number of carbonyl (C=O) groups excluding carboxylic acids is 1. The van der Waals surface area contributed by atoms with Gasteiger partial charge in [0.15, 0.2) is 4.34 Å². The van der Waals surface area contributed by atoms with Crippen molar-refractivity contribution in [2.75, 3.05) is 18.2 Å². The summed E-state index contributed by atoms with van der Waals surface area (Å²) in [6.07, 6.45) is 4.04. The lowest BCUT2D eigenvalue weighted by atomic mass is 10.2. The SMILES string of the molecule is CCCCOc1ccc(C(=O)Nc2nnc(SC)s2)cc1. The topological polar surface area (TPSA) is 64.1 Å². The van der Waals surface area contributed by atoms with Gasteiger partial charge >= 0.3 is 0 Å². The highest BCUT2D eigenvalue weighted by Gasteiger charge is 2.10. The van der Waals surface area contributed by atoms with Gasteiger partial charge < -0.3 is 4.74 Å². The van der Waals surface area contributed by atoms with Crippen LogP contribution in [0.4, 0.5) is 5.13 Å². The Morgan fingerprint density at radius 1 is 1.33 bits per heavy atom. The highest BCUT2D eigenvalue weighted by Crippen LogP contribution is 2.23. The van der Waals surface area contributed by atoms with Crippen molar-refractivity contribution in [2.45, 2.75) is 24.1 Å². The maximum absolute atomic E-state index is 12.1. The summed E-state index contributed by atoms with van der Waals surface area (Å²) < 4.78 is 6.39. The summed E-state index contributed by atoms with van der Waals surface area (Å²) in [6, 6.07) is 7.09. The minimum Gasteiger partial charge on any atom is -0.494 e. The first-order chi connectivity index (χ1) is 10.2. The zero-order chi connectivity index (χ0) is 15.1. The van der Waals surface area contributed by atoms with E-state index in [2.05, 4.69) is 22.4 Å². The molecule has 1 N–H and O–H groups in total. The zero-order valence-corrected chi connectivity index (χ0v) is 13.6. The highest BCUT2D eigenvalue weighted by molar-refractivity contribution is 8.00. The number of nitrogens with one attached hydrogen (secondary N) is 1. The van der Waals surface area contributed by atoms with Gasteiger partial charge in [0, 0.05) is 5.56 Å². The number of thioether (sulfide) groups is 1. The third-order valence-corrected chi connectivity index (χ3v) is 4.50. The van der Waals surface area contributed by atoms with Gasteiger partial charge in [-0.15, -0.1) is 10.2 Å². The van der Waals surface area contributed by atoms with Crippen molar-refractivity contribution in [3.8, 4) is 5.75 Å². The number of nitrogens with zero attached hydrogens (tertiary/aromatic N) is 2. The lowest BCUT2D eigenvalue weighted by molar-refractivity contribution is 0.102. The molecule has 0 aliphatic carbocycles. The fourth-order valence-corrected chi connectivity index (χ4v) is 2.71. The zero-order valence-electron chi connectivity index (χ0n) is 12.0. The summed E-state index contributed by atoms with van der Waals surface area (Å²) in [4.78, 5) is 12.1. The van der Waals surface area contributed by atoms with E-state index in [-0.39, 0.29) is 5.91 Å². The van der Waals surface area contributed by atoms with E-state index < -0.39 is 0 Å². The van der Waals surface area contributed by atoms with Crippen molar-refractivity contribution in [1.82, 2.24) is 10.2 Å². The van der Waals surface area contributed by atoms with E-state index in [0.717, 1.165) is 22.9 Å². The molecular formula is C14H17N3O2S2. The van der Waals surface area contributed by atoms with Crippen LogP contribution in [0.3, 0.4) is 0 Å². The van der Waals surface area contributed by atoms with Crippen LogP contribution in [0.5, 0.6) is 5.75 Å². The molecule has 1 heterocycles.